The normalized spacial score (nSPS) is 24.4. The molecule has 2 bridgehead atoms. The lowest BCUT2D eigenvalue weighted by molar-refractivity contribution is 0.800. The number of hydrogen-bond acceptors (Lipinski definition) is 3. The van der Waals surface area contributed by atoms with E-state index in [9.17, 15) is 0 Å². The fraction of sp³-hybridized carbons (Fsp3) is 0.500. The van der Waals surface area contributed by atoms with Crippen molar-refractivity contribution in [3.63, 3.8) is 0 Å². The first kappa shape index (κ1) is 4.70. The molecule has 0 spiro atoms. The highest BCUT2D eigenvalue weighted by molar-refractivity contribution is 7.12. The maximum atomic E-state index is 5.78. The number of nitrogens with zero attached hydrogens (tertiary/aromatic N) is 2. The summed E-state index contributed by atoms with van der Waals surface area (Å²) in [5.74, 6) is 0. The number of alkyl halides is 1. The van der Waals surface area contributed by atoms with Gasteiger partial charge >= 0.3 is 0 Å². The first-order valence-corrected chi connectivity index (χ1v) is 3.58. The summed E-state index contributed by atoms with van der Waals surface area (Å²) in [5, 5.41) is 9.83. The molecule has 4 heteroatoms. The van der Waals surface area contributed by atoms with Crippen LogP contribution in [-0.2, 0) is 6.42 Å². The quantitative estimate of drug-likeness (QED) is 0.517. The van der Waals surface area contributed by atoms with Gasteiger partial charge in [0.15, 0.2) is 0 Å². The van der Waals surface area contributed by atoms with E-state index < -0.39 is 0 Å². The van der Waals surface area contributed by atoms with Crippen LogP contribution in [0.2, 0.25) is 0 Å². The molecule has 8 heavy (non-hydrogen) atoms. The van der Waals surface area contributed by atoms with Gasteiger partial charge in [0.25, 0.3) is 0 Å². The highest BCUT2D eigenvalue weighted by atomic mass is 35.5. The number of aromatic nitrogens is 2. The molecule has 2 heterocycles. The third-order valence-corrected chi connectivity index (χ3v) is 2.65. The molecule has 2 nitrogen and oxygen atoms in total. The fourth-order valence-electron chi connectivity index (χ4n) is 0.716. The molecule has 0 amide bonds. The first-order chi connectivity index (χ1) is 3.86. The van der Waals surface area contributed by atoms with Crippen molar-refractivity contribution in [2.24, 2.45) is 0 Å². The zero-order valence-corrected chi connectivity index (χ0v) is 5.54. The molecule has 1 unspecified atom stereocenters. The molecule has 0 N–H and O–H groups in total. The van der Waals surface area contributed by atoms with Crippen LogP contribution in [0.25, 0.3) is 0 Å². The van der Waals surface area contributed by atoms with Gasteiger partial charge in [-0.25, -0.2) is 0 Å². The van der Waals surface area contributed by atoms with Crippen molar-refractivity contribution in [3.8, 4) is 0 Å². The second-order valence-electron chi connectivity index (χ2n) is 1.71. The number of halogens is 1. The van der Waals surface area contributed by atoms with Crippen LogP contribution < -0.4 is 0 Å². The van der Waals surface area contributed by atoms with E-state index in [0.29, 0.717) is 0 Å². The Bertz CT molecular complexity index is 210. The smallest absolute Gasteiger partial charge is 0.135 e. The van der Waals surface area contributed by atoms with Crippen LogP contribution in [0.5, 0.6) is 0 Å². The lowest BCUT2D eigenvalue weighted by Gasteiger charge is -1.95. The zero-order valence-electron chi connectivity index (χ0n) is 3.97. The fourth-order valence-corrected chi connectivity index (χ4v) is 2.00. The summed E-state index contributed by atoms with van der Waals surface area (Å²) < 4.78 is 0. The summed E-state index contributed by atoms with van der Waals surface area (Å²) in [6.07, 6.45) is 0.894. The van der Waals surface area contributed by atoms with Crippen molar-refractivity contribution in [2.75, 3.05) is 0 Å². The van der Waals surface area contributed by atoms with E-state index in [1.165, 1.54) is 0 Å². The van der Waals surface area contributed by atoms with Crippen LogP contribution in [0.15, 0.2) is 0 Å². The van der Waals surface area contributed by atoms with Gasteiger partial charge in [0.1, 0.15) is 10.0 Å². The Hall–Kier alpha value is -0.150. The number of fused-ring (bicyclic) bond motifs is 2. The van der Waals surface area contributed by atoms with Gasteiger partial charge in [-0.05, 0) is 0 Å². The molecule has 1 aromatic rings. The maximum Gasteiger partial charge on any atom is 0.135 e. The monoisotopic (exact) mass is 146 g/mol. The third kappa shape index (κ3) is 0.485. The van der Waals surface area contributed by atoms with Crippen LogP contribution in [0, 0.1) is 0 Å². The second kappa shape index (κ2) is 1.42. The van der Waals surface area contributed by atoms with Gasteiger partial charge in [-0.1, -0.05) is 11.3 Å². The minimum Gasteiger partial charge on any atom is -0.143 e. The summed E-state index contributed by atoms with van der Waals surface area (Å²) in [4.78, 5) is 0. The lowest BCUT2D eigenvalue weighted by atomic mass is 10.3. The Balaban J connectivity index is 2.55. The third-order valence-electron chi connectivity index (χ3n) is 1.10. The predicted octanol–water partition coefficient (Wildman–Crippen LogP) is 1.37. The van der Waals surface area contributed by atoms with Crippen LogP contribution in [0.4, 0.5) is 0 Å². The molecule has 0 aromatic carbocycles. The van der Waals surface area contributed by atoms with Crippen LogP contribution in [0.3, 0.4) is 0 Å². The molecule has 1 aliphatic rings. The highest BCUT2D eigenvalue weighted by Gasteiger charge is 2.22. The van der Waals surface area contributed by atoms with Gasteiger partial charge in [0, 0.05) is 6.42 Å². The summed E-state index contributed by atoms with van der Waals surface area (Å²) in [6, 6.07) is 0. The molecule has 0 fully saturated rings. The highest BCUT2D eigenvalue weighted by Crippen LogP contribution is 2.34. The summed E-state index contributed by atoms with van der Waals surface area (Å²) in [5.41, 5.74) is 0. The molecule has 42 valence electrons. The molecule has 2 rings (SSSR count). The van der Waals surface area contributed by atoms with E-state index in [0.717, 1.165) is 16.4 Å². The van der Waals surface area contributed by atoms with Crippen molar-refractivity contribution in [3.05, 3.63) is 10.0 Å². The van der Waals surface area contributed by atoms with Gasteiger partial charge in [-0.15, -0.1) is 21.8 Å². The van der Waals surface area contributed by atoms with Crippen LogP contribution >= 0.6 is 22.9 Å². The van der Waals surface area contributed by atoms with E-state index >= 15 is 0 Å². The topological polar surface area (TPSA) is 25.8 Å². The Kier molecular flexibility index (Phi) is 0.835. The Morgan fingerprint density at radius 2 is 2.50 bits per heavy atom. The van der Waals surface area contributed by atoms with Gasteiger partial charge in [-0.2, -0.15) is 0 Å². The van der Waals surface area contributed by atoms with E-state index in [1.54, 1.807) is 11.3 Å². The van der Waals surface area contributed by atoms with Crippen molar-refractivity contribution >= 4 is 22.9 Å². The first-order valence-electron chi connectivity index (χ1n) is 2.32. The minimum absolute atomic E-state index is 0.132. The average Bonchev–Trinajstić information content (AvgIpc) is 2.23. The number of rotatable bonds is 0. The summed E-state index contributed by atoms with van der Waals surface area (Å²) >= 11 is 7.38. The van der Waals surface area contributed by atoms with Crippen LogP contribution in [0.1, 0.15) is 15.4 Å². The molecular weight excluding hydrogens is 144 g/mol. The van der Waals surface area contributed by atoms with Crippen molar-refractivity contribution in [2.45, 2.75) is 11.8 Å². The van der Waals surface area contributed by atoms with Gasteiger partial charge in [0.05, 0.1) is 5.38 Å². The summed E-state index contributed by atoms with van der Waals surface area (Å²) in [7, 11) is 0. The standard InChI is InChI=1S/C4H3ClN2S/c5-2-1-3-6-7-4(2)8-3/h2H,1H2. The maximum absolute atomic E-state index is 5.78. The van der Waals surface area contributed by atoms with Crippen molar-refractivity contribution in [1.29, 1.82) is 0 Å². The largest absolute Gasteiger partial charge is 0.143 e. The summed E-state index contributed by atoms with van der Waals surface area (Å²) in [6.45, 7) is 0. The molecule has 1 aromatic heterocycles. The molecule has 1 aliphatic heterocycles. The van der Waals surface area contributed by atoms with E-state index in [1.807, 2.05) is 0 Å². The van der Waals surface area contributed by atoms with Gasteiger partial charge in [0.2, 0.25) is 0 Å². The zero-order chi connectivity index (χ0) is 5.56. The SMILES string of the molecule is ClC1Cc2nnc1s2. The molecular formula is C4H3ClN2S. The number of hydrogen-bond donors (Lipinski definition) is 0. The van der Waals surface area contributed by atoms with Crippen molar-refractivity contribution < 1.29 is 0 Å². The Morgan fingerprint density at radius 3 is 2.75 bits per heavy atom. The van der Waals surface area contributed by atoms with E-state index in [4.69, 9.17) is 11.6 Å². The molecule has 0 saturated heterocycles. The average molecular weight is 147 g/mol. The second-order valence-corrected chi connectivity index (χ2v) is 3.33. The Morgan fingerprint density at radius 1 is 1.62 bits per heavy atom. The van der Waals surface area contributed by atoms with Crippen LogP contribution in [-0.4, -0.2) is 10.2 Å². The minimum atomic E-state index is 0.132. The van der Waals surface area contributed by atoms with E-state index in [2.05, 4.69) is 10.2 Å². The lowest BCUT2D eigenvalue weighted by Crippen LogP contribution is -1.95. The molecule has 1 atom stereocenters. The predicted molar refractivity (Wildman–Crippen MR) is 32.2 cm³/mol. The van der Waals surface area contributed by atoms with Crippen molar-refractivity contribution in [1.82, 2.24) is 10.2 Å². The molecule has 0 saturated carbocycles. The van der Waals surface area contributed by atoms with E-state index in [-0.39, 0.29) is 5.38 Å². The Labute approximate surface area is 55.5 Å². The molecule has 0 aliphatic carbocycles. The molecule has 0 radical (unpaired) electrons. The van der Waals surface area contributed by atoms with Gasteiger partial charge in [-0.3, -0.25) is 0 Å². The van der Waals surface area contributed by atoms with Gasteiger partial charge < -0.3 is 0 Å².